The van der Waals surface area contributed by atoms with Gasteiger partial charge >= 0.3 is 0 Å². The Balaban J connectivity index is 1.35. The number of thiazole rings is 1. The van der Waals surface area contributed by atoms with Gasteiger partial charge in [0.25, 0.3) is 5.91 Å². The van der Waals surface area contributed by atoms with Gasteiger partial charge in [-0.3, -0.25) is 4.79 Å². The molecule has 134 valence electrons. The summed E-state index contributed by atoms with van der Waals surface area (Å²) in [6.07, 6.45) is 8.29. The number of aromatic nitrogens is 2. The summed E-state index contributed by atoms with van der Waals surface area (Å²) in [6, 6.07) is 7.79. The number of ether oxygens (including phenoxy) is 1. The number of rotatable bonds is 6. The fraction of sp³-hybridized carbons (Fsp3) is 0.316. The number of thiophene rings is 1. The van der Waals surface area contributed by atoms with Gasteiger partial charge in [0.05, 0.1) is 11.1 Å². The first-order chi connectivity index (χ1) is 12.8. The molecule has 0 spiro atoms. The van der Waals surface area contributed by atoms with E-state index >= 15 is 0 Å². The van der Waals surface area contributed by atoms with Crippen molar-refractivity contribution in [3.63, 3.8) is 0 Å². The van der Waals surface area contributed by atoms with Crippen LogP contribution in [0.5, 0.6) is 5.88 Å². The van der Waals surface area contributed by atoms with Gasteiger partial charge in [0.15, 0.2) is 0 Å². The molecule has 0 aliphatic heterocycles. The lowest BCUT2D eigenvalue weighted by Gasteiger charge is -2.12. The van der Waals surface area contributed by atoms with Crippen LogP contribution in [0, 0.1) is 0 Å². The zero-order valence-electron chi connectivity index (χ0n) is 14.2. The molecular weight excluding hydrogens is 366 g/mol. The largest absolute Gasteiger partial charge is 0.474 e. The second-order valence-electron chi connectivity index (χ2n) is 6.22. The average molecular weight is 386 g/mol. The van der Waals surface area contributed by atoms with E-state index in [4.69, 9.17) is 4.74 Å². The highest BCUT2D eigenvalue weighted by Gasteiger charge is 2.17. The smallest absolute Gasteiger partial charge is 0.263 e. The quantitative estimate of drug-likeness (QED) is 0.678. The van der Waals surface area contributed by atoms with Crippen LogP contribution in [0.4, 0.5) is 0 Å². The highest BCUT2D eigenvalue weighted by molar-refractivity contribution is 7.21. The molecule has 5 nitrogen and oxygen atoms in total. The highest BCUT2D eigenvalue weighted by Crippen LogP contribution is 2.29. The molecular formula is C19H19N3O2S2. The van der Waals surface area contributed by atoms with Crippen LogP contribution < -0.4 is 10.1 Å². The standard InChI is InChI=1S/C19H19N3O2S2/c23-18(16-12-22-19(26-16)15-6-3-9-25-15)21-11-13-7-8-20-17(10-13)24-14-4-1-2-5-14/h3,6-10,12,14H,1-2,4-5,11H2,(H,21,23). The molecule has 1 fully saturated rings. The van der Waals surface area contributed by atoms with Crippen molar-refractivity contribution in [1.82, 2.24) is 15.3 Å². The summed E-state index contributed by atoms with van der Waals surface area (Å²) < 4.78 is 5.92. The molecule has 1 saturated carbocycles. The number of carbonyl (C=O) groups is 1. The van der Waals surface area contributed by atoms with Crippen molar-refractivity contribution in [2.75, 3.05) is 0 Å². The van der Waals surface area contributed by atoms with Crippen LogP contribution in [0.3, 0.4) is 0 Å². The van der Waals surface area contributed by atoms with Crippen LogP contribution in [-0.2, 0) is 6.54 Å². The van der Waals surface area contributed by atoms with Crippen molar-refractivity contribution in [1.29, 1.82) is 0 Å². The maximum Gasteiger partial charge on any atom is 0.263 e. The minimum atomic E-state index is -0.111. The Labute approximate surface area is 160 Å². The molecule has 3 aromatic heterocycles. The first-order valence-electron chi connectivity index (χ1n) is 8.67. The van der Waals surface area contributed by atoms with Gasteiger partial charge in [0, 0.05) is 18.8 Å². The van der Waals surface area contributed by atoms with E-state index in [9.17, 15) is 4.79 Å². The molecule has 3 aromatic rings. The molecule has 1 N–H and O–H groups in total. The fourth-order valence-corrected chi connectivity index (χ4v) is 4.60. The number of amides is 1. The summed E-state index contributed by atoms with van der Waals surface area (Å²) in [4.78, 5) is 22.7. The number of hydrogen-bond acceptors (Lipinski definition) is 6. The van der Waals surface area contributed by atoms with Gasteiger partial charge in [-0.25, -0.2) is 9.97 Å². The molecule has 26 heavy (non-hydrogen) atoms. The number of nitrogens with zero attached hydrogens (tertiary/aromatic N) is 2. The number of hydrogen-bond donors (Lipinski definition) is 1. The molecule has 3 heterocycles. The molecule has 1 amide bonds. The van der Waals surface area contributed by atoms with Crippen LogP contribution in [0.2, 0.25) is 0 Å². The molecule has 0 unspecified atom stereocenters. The third-order valence-electron chi connectivity index (χ3n) is 4.30. The third-order valence-corrected chi connectivity index (χ3v) is 6.34. The molecule has 0 saturated heterocycles. The van der Waals surface area contributed by atoms with Gasteiger partial charge in [-0.05, 0) is 48.8 Å². The zero-order valence-corrected chi connectivity index (χ0v) is 15.8. The molecule has 1 aliphatic carbocycles. The monoisotopic (exact) mass is 385 g/mol. The lowest BCUT2D eigenvalue weighted by molar-refractivity contribution is 0.0954. The van der Waals surface area contributed by atoms with E-state index in [-0.39, 0.29) is 12.0 Å². The van der Waals surface area contributed by atoms with Crippen molar-refractivity contribution >= 4 is 28.6 Å². The van der Waals surface area contributed by atoms with Gasteiger partial charge in [-0.1, -0.05) is 6.07 Å². The van der Waals surface area contributed by atoms with Crippen molar-refractivity contribution in [3.8, 4) is 15.8 Å². The molecule has 7 heteroatoms. The molecule has 0 aromatic carbocycles. The predicted octanol–water partition coefficient (Wildman–Crippen LogP) is 4.52. The number of pyridine rings is 1. The van der Waals surface area contributed by atoms with Crippen LogP contribution in [-0.4, -0.2) is 22.0 Å². The Hall–Kier alpha value is -2.25. The second-order valence-corrected chi connectivity index (χ2v) is 8.19. The van der Waals surface area contributed by atoms with Crippen molar-refractivity contribution in [2.24, 2.45) is 0 Å². The lowest BCUT2D eigenvalue weighted by atomic mass is 10.2. The van der Waals surface area contributed by atoms with Crippen LogP contribution >= 0.6 is 22.7 Å². The minimum absolute atomic E-state index is 0.111. The summed E-state index contributed by atoms with van der Waals surface area (Å²) in [5, 5.41) is 5.83. The molecule has 0 atom stereocenters. The van der Waals surface area contributed by atoms with Crippen LogP contribution in [0.15, 0.2) is 42.0 Å². The lowest BCUT2D eigenvalue weighted by Crippen LogP contribution is -2.22. The topological polar surface area (TPSA) is 64.1 Å². The van der Waals surface area contributed by atoms with E-state index in [2.05, 4.69) is 15.3 Å². The fourth-order valence-electron chi connectivity index (χ4n) is 2.96. The first kappa shape index (κ1) is 17.2. The summed E-state index contributed by atoms with van der Waals surface area (Å²) in [7, 11) is 0. The van der Waals surface area contributed by atoms with E-state index < -0.39 is 0 Å². The maximum atomic E-state index is 12.4. The summed E-state index contributed by atoms with van der Waals surface area (Å²) >= 11 is 3.03. The summed E-state index contributed by atoms with van der Waals surface area (Å²) in [6.45, 7) is 0.439. The van der Waals surface area contributed by atoms with E-state index in [0.717, 1.165) is 28.3 Å². The zero-order chi connectivity index (χ0) is 17.8. The average Bonchev–Trinajstić information content (AvgIpc) is 3.41. The normalized spacial score (nSPS) is 14.5. The van der Waals surface area contributed by atoms with Crippen LogP contribution in [0.25, 0.3) is 9.88 Å². The Morgan fingerprint density at radius 3 is 2.96 bits per heavy atom. The van der Waals surface area contributed by atoms with Crippen LogP contribution in [0.1, 0.15) is 40.9 Å². The third kappa shape index (κ3) is 4.11. The number of carbonyl (C=O) groups excluding carboxylic acids is 1. The van der Waals surface area contributed by atoms with E-state index in [1.807, 2.05) is 29.6 Å². The number of nitrogens with one attached hydrogen (secondary N) is 1. The second kappa shape index (κ2) is 7.97. The van der Waals surface area contributed by atoms with E-state index in [0.29, 0.717) is 17.3 Å². The predicted molar refractivity (Wildman–Crippen MR) is 104 cm³/mol. The van der Waals surface area contributed by atoms with Crippen molar-refractivity contribution < 1.29 is 9.53 Å². The van der Waals surface area contributed by atoms with Crippen molar-refractivity contribution in [2.45, 2.75) is 38.3 Å². The van der Waals surface area contributed by atoms with E-state index in [1.54, 1.807) is 23.7 Å². The SMILES string of the molecule is O=C(NCc1ccnc(OC2CCCC2)c1)c1cnc(-c2cccs2)s1. The Bertz CT molecular complexity index is 871. The molecule has 0 radical (unpaired) electrons. The highest BCUT2D eigenvalue weighted by atomic mass is 32.1. The van der Waals surface area contributed by atoms with Gasteiger partial charge in [-0.2, -0.15) is 0 Å². The summed E-state index contributed by atoms with van der Waals surface area (Å²) in [5.74, 6) is 0.529. The van der Waals surface area contributed by atoms with E-state index in [1.165, 1.54) is 24.2 Å². The molecule has 1 aliphatic rings. The Morgan fingerprint density at radius 2 is 2.15 bits per heavy atom. The minimum Gasteiger partial charge on any atom is -0.474 e. The molecule has 4 rings (SSSR count). The van der Waals surface area contributed by atoms with Gasteiger partial charge in [-0.15, -0.1) is 22.7 Å². The summed E-state index contributed by atoms with van der Waals surface area (Å²) in [5.41, 5.74) is 0.976. The van der Waals surface area contributed by atoms with Crippen molar-refractivity contribution in [3.05, 3.63) is 52.5 Å². The Morgan fingerprint density at radius 1 is 1.27 bits per heavy atom. The van der Waals surface area contributed by atoms with Gasteiger partial charge in [0.1, 0.15) is 16.0 Å². The van der Waals surface area contributed by atoms with Gasteiger partial charge < -0.3 is 10.1 Å². The molecule has 0 bridgehead atoms. The maximum absolute atomic E-state index is 12.4. The van der Waals surface area contributed by atoms with Gasteiger partial charge in [0.2, 0.25) is 5.88 Å². The Kier molecular flexibility index (Phi) is 5.26. The first-order valence-corrected chi connectivity index (χ1v) is 10.4.